The zero-order chi connectivity index (χ0) is 94.0. The van der Waals surface area contributed by atoms with E-state index in [1.165, 1.54) is 134 Å². The van der Waals surface area contributed by atoms with Crippen LogP contribution >= 0.6 is 0 Å². The van der Waals surface area contributed by atoms with Gasteiger partial charge >= 0.3 is 0 Å². The number of likely N-dealkylation sites (N-methyl/N-ethyl adjacent to an activating group) is 10. The maximum atomic E-state index is 11.5. The van der Waals surface area contributed by atoms with Crippen LogP contribution in [0.4, 0.5) is 0 Å². The number of carbonyl (C=O) groups is 1. The van der Waals surface area contributed by atoms with Gasteiger partial charge in [0.05, 0.1) is 29.0 Å². The van der Waals surface area contributed by atoms with E-state index >= 15 is 0 Å². The Hall–Kier alpha value is -9.34. The summed E-state index contributed by atoms with van der Waals surface area (Å²) < 4.78 is 3.89. The van der Waals surface area contributed by atoms with Crippen LogP contribution in [0.5, 0.6) is 0 Å². The summed E-state index contributed by atoms with van der Waals surface area (Å²) in [7, 11) is 25.1. The van der Waals surface area contributed by atoms with E-state index in [1.807, 2.05) is 203 Å². The molecule has 10 aromatic rings. The predicted octanol–water partition coefficient (Wildman–Crippen LogP) is 16.6. The zero-order valence-corrected chi connectivity index (χ0v) is 84.1. The molecule has 0 aliphatic carbocycles. The molecule has 19 heterocycles. The molecule has 0 N–H and O–H groups in total. The van der Waals surface area contributed by atoms with Crippen molar-refractivity contribution in [1.82, 2.24) is 113 Å². The molecule has 700 valence electrons. The largest absolute Gasteiger partial charge is 0.341 e. The second-order valence-electron chi connectivity index (χ2n) is 31.1. The van der Waals surface area contributed by atoms with Crippen LogP contribution < -0.4 is 0 Å². The van der Waals surface area contributed by atoms with Crippen molar-refractivity contribution in [1.29, 1.82) is 0 Å². The monoisotopic (exact) mass is 1740 g/mol. The number of hydrogen-bond acceptors (Lipinski definition) is 21. The summed E-state index contributed by atoms with van der Waals surface area (Å²) >= 11 is 0. The minimum absolute atomic E-state index is 0.110. The van der Waals surface area contributed by atoms with Gasteiger partial charge in [-0.15, -0.1) is 0 Å². The highest BCUT2D eigenvalue weighted by atomic mass is 16.2. The van der Waals surface area contributed by atoms with Crippen molar-refractivity contribution in [2.45, 2.75) is 234 Å². The molecule has 0 atom stereocenters. The normalized spacial score (nSPS) is 15.9. The minimum atomic E-state index is 0.110. The topological polar surface area (TPSA) is 201 Å². The van der Waals surface area contributed by atoms with Crippen molar-refractivity contribution in [2.75, 3.05) is 136 Å². The first-order valence-corrected chi connectivity index (χ1v) is 47.5. The van der Waals surface area contributed by atoms with Crippen LogP contribution in [0.3, 0.4) is 0 Å². The average molecular weight is 1740 g/mol. The maximum absolute atomic E-state index is 11.5. The molecule has 1 amide bonds. The highest BCUT2D eigenvalue weighted by molar-refractivity contribution is 5.96. The van der Waals surface area contributed by atoms with Gasteiger partial charge in [0.2, 0.25) is 0 Å². The predicted molar refractivity (Wildman–Crippen MR) is 530 cm³/mol. The van der Waals surface area contributed by atoms with Gasteiger partial charge in [0, 0.05) is 291 Å². The number of aryl methyl sites for hydroxylation is 2. The van der Waals surface area contributed by atoms with Gasteiger partial charge in [-0.05, 0) is 176 Å². The lowest BCUT2D eigenvalue weighted by Gasteiger charge is -2.24. The Morgan fingerprint density at radius 1 is 0.252 bits per heavy atom. The zero-order valence-electron chi connectivity index (χ0n) is 84.1. The van der Waals surface area contributed by atoms with E-state index in [0.717, 1.165) is 166 Å². The molecule has 0 saturated heterocycles. The van der Waals surface area contributed by atoms with E-state index in [1.54, 1.807) is 42.1 Å². The van der Waals surface area contributed by atoms with E-state index in [-0.39, 0.29) is 5.91 Å². The quantitative estimate of drug-likeness (QED) is 0.139. The van der Waals surface area contributed by atoms with Crippen molar-refractivity contribution < 1.29 is 4.79 Å². The number of fused-ring (bicyclic) bond motifs is 10. The number of rotatable bonds is 0. The van der Waals surface area contributed by atoms with E-state index in [0.29, 0.717) is 0 Å². The first-order chi connectivity index (χ1) is 61.8. The molecule has 20 rings (SSSR count). The molecular formula is C103H167N23O. The first kappa shape index (κ1) is 112. The van der Waals surface area contributed by atoms with Crippen LogP contribution in [0.15, 0.2) is 154 Å². The summed E-state index contributed by atoms with van der Waals surface area (Å²) in [4.78, 5) is 71.7. The van der Waals surface area contributed by atoms with Crippen LogP contribution in [0, 0.1) is 0 Å². The molecule has 127 heavy (non-hydrogen) atoms. The molecule has 0 radical (unpaired) electrons. The van der Waals surface area contributed by atoms with Gasteiger partial charge in [-0.1, -0.05) is 147 Å². The number of hydrogen-bond donors (Lipinski definition) is 0. The fourth-order valence-electron chi connectivity index (χ4n) is 15.1. The second kappa shape index (κ2) is 65.2. The Morgan fingerprint density at radius 3 is 1.21 bits per heavy atom. The molecule has 9 aromatic heterocycles. The molecule has 0 fully saturated rings. The van der Waals surface area contributed by atoms with Crippen molar-refractivity contribution >= 4 is 5.91 Å². The Labute approximate surface area is 769 Å². The molecule has 24 nitrogen and oxygen atoms in total. The highest BCUT2D eigenvalue weighted by Gasteiger charge is 2.23. The van der Waals surface area contributed by atoms with Gasteiger partial charge in [0.1, 0.15) is 6.33 Å². The smallest absolute Gasteiger partial charge is 0.253 e. The molecule has 0 saturated carbocycles. The van der Waals surface area contributed by atoms with Crippen LogP contribution in [0.2, 0.25) is 0 Å². The van der Waals surface area contributed by atoms with E-state index in [9.17, 15) is 4.79 Å². The number of aromatic nitrogens is 13. The Morgan fingerprint density at radius 2 is 0.622 bits per heavy atom. The lowest BCUT2D eigenvalue weighted by molar-refractivity contribution is 0.0780. The second-order valence-corrected chi connectivity index (χ2v) is 31.1. The van der Waals surface area contributed by atoms with Crippen molar-refractivity contribution in [2.24, 2.45) is 14.1 Å². The first-order valence-electron chi connectivity index (χ1n) is 47.5. The van der Waals surface area contributed by atoms with Gasteiger partial charge < -0.3 is 49.0 Å². The van der Waals surface area contributed by atoms with Crippen LogP contribution in [0.1, 0.15) is 228 Å². The molecule has 24 heteroatoms. The Balaban J connectivity index is 0.000000357. The van der Waals surface area contributed by atoms with Crippen molar-refractivity contribution in [3.63, 3.8) is 0 Å². The molecule has 1 aromatic carbocycles. The van der Waals surface area contributed by atoms with E-state index < -0.39 is 0 Å². The molecule has 10 aliphatic heterocycles. The number of nitrogens with zero attached hydrogens (tertiary/aromatic N) is 23. The van der Waals surface area contributed by atoms with Crippen LogP contribution in [0.25, 0.3) is 0 Å². The third kappa shape index (κ3) is 39.3. The standard InChI is InChI=1S/C10H13N.C9H10N2O.4C9H12N2.2C8H13N3.2C8H11N3.8C2H6/c1-11-7-6-9-4-2-3-5-10(9)8-11;1-11-5-3-7-6-10-4-2-8(7)9(11)12;1-11-5-3-8-6-10-4-2-9(8)7-11;1-11-5-3-8-2-4-10-6-9(8)7-11;1-11-6-4-9-8(7-11)3-2-5-10-9;1-11-6-4-8-3-2-5-10-9(8)7-11;1-10-4-3-8-7(5-10)6-11(2)9-8;1-10-4-3-8-7(6-10)5-9-11(8)2;1-11-5-2-7-8(6-11)10-4-3-9-7;1-11-3-2-8-7(5-11)4-9-6-10-8;8*1-2/h2-5H,6-8H2,1H3;2,4,6H,3,5H2,1H3;2*2,4,6H,3,5,7H2,1H3;2*2-3,5H,4,6-7H2,1H3;6H,3-5H2,1-2H3;5H,3-4,6H2,1-2H3;3-4H,2,5-6H2,1H3;4,6H,2-3,5H2,1H3;8*1-2H3. The molecular weight excluding hydrogens is 1580 g/mol. The highest BCUT2D eigenvalue weighted by Crippen LogP contribution is 2.23. The summed E-state index contributed by atoms with van der Waals surface area (Å²) in [5.41, 5.74) is 26.3. The summed E-state index contributed by atoms with van der Waals surface area (Å²) in [6.07, 6.45) is 37.1. The number of amides is 1. The minimum Gasteiger partial charge on any atom is -0.341 e. The van der Waals surface area contributed by atoms with Crippen LogP contribution in [-0.2, 0) is 137 Å². The van der Waals surface area contributed by atoms with Gasteiger partial charge in [-0.2, -0.15) is 10.2 Å². The molecule has 0 spiro atoms. The fourth-order valence-corrected chi connectivity index (χ4v) is 15.1. The number of pyridine rings is 5. The molecule has 0 bridgehead atoms. The van der Waals surface area contributed by atoms with E-state index in [4.69, 9.17) is 0 Å². The third-order valence-electron chi connectivity index (χ3n) is 21.8. The van der Waals surface area contributed by atoms with E-state index in [2.05, 4.69) is 217 Å². The average Bonchev–Trinajstić information content (AvgIpc) is 1.40. The lowest BCUT2D eigenvalue weighted by Crippen LogP contribution is -2.34. The fraction of sp³-hybridized carbons (Fsp3) is 0.553. The SMILES string of the molecule is CC.CC.CC.CC.CC.CC.CC.CC.CN1CCc2c(cnn2C)C1.CN1CCc2ccccc2C1.CN1CCc2cccnc2C1.CN1CCc2ccncc2C1.CN1CCc2cnccc2C1.CN1CCc2cnccc2C1=O.CN1CCc2ncccc2C1.CN1CCc2nccnc2C1.CN1CCc2ncncc2C1.CN1CCc2nn(C)cc2C1. The number of benzene rings is 1. The summed E-state index contributed by atoms with van der Waals surface area (Å²) in [6.45, 7) is 52.6. The van der Waals surface area contributed by atoms with Crippen molar-refractivity contribution in [3.8, 4) is 0 Å². The van der Waals surface area contributed by atoms with Gasteiger partial charge in [-0.25, -0.2) is 9.97 Å². The van der Waals surface area contributed by atoms with Crippen molar-refractivity contribution in [3.05, 3.63) is 266 Å². The maximum Gasteiger partial charge on any atom is 0.253 e. The summed E-state index contributed by atoms with van der Waals surface area (Å²) in [5, 5.41) is 8.60. The number of carbonyl (C=O) groups excluding carboxylic acids is 1. The van der Waals surface area contributed by atoms with Gasteiger partial charge in [-0.3, -0.25) is 49.0 Å². The third-order valence-corrected chi connectivity index (χ3v) is 21.8. The Kier molecular flexibility index (Phi) is 57.5. The Bertz CT molecular complexity index is 4000. The van der Waals surface area contributed by atoms with Gasteiger partial charge in [0.15, 0.2) is 0 Å². The molecule has 10 aliphatic rings. The van der Waals surface area contributed by atoms with Gasteiger partial charge in [0.25, 0.3) is 5.91 Å². The van der Waals surface area contributed by atoms with Crippen LogP contribution in [-0.4, -0.2) is 255 Å². The lowest BCUT2D eigenvalue weighted by atomic mass is 10.0. The summed E-state index contributed by atoms with van der Waals surface area (Å²) in [5.74, 6) is 0.110. The summed E-state index contributed by atoms with van der Waals surface area (Å²) in [6, 6.07) is 23.1. The molecule has 0 unspecified atom stereocenters.